The topological polar surface area (TPSA) is 48.4 Å². The van der Waals surface area contributed by atoms with Gasteiger partial charge in [0.1, 0.15) is 11.6 Å². The van der Waals surface area contributed by atoms with E-state index in [4.69, 9.17) is 23.2 Å². The normalized spacial score (nSPS) is 18.9. The molecule has 0 saturated carbocycles. The van der Waals surface area contributed by atoms with Crippen LogP contribution in [0.3, 0.4) is 0 Å². The summed E-state index contributed by atoms with van der Waals surface area (Å²) in [4.78, 5) is 6.59. The van der Waals surface area contributed by atoms with Gasteiger partial charge in [-0.2, -0.15) is 0 Å². The summed E-state index contributed by atoms with van der Waals surface area (Å²) in [6, 6.07) is 1.82. The number of pyridine rings is 1. The third kappa shape index (κ3) is 3.25. The van der Waals surface area contributed by atoms with Gasteiger partial charge in [0.05, 0.1) is 22.7 Å². The number of aliphatic hydroxyl groups is 1. The van der Waals surface area contributed by atoms with Crippen molar-refractivity contribution in [1.29, 1.82) is 0 Å². The van der Waals surface area contributed by atoms with Crippen LogP contribution in [0.1, 0.15) is 26.2 Å². The Morgan fingerprint density at radius 1 is 1.47 bits per heavy atom. The fraction of sp³-hybridized carbons (Fsp3) is 0.615. The van der Waals surface area contributed by atoms with Gasteiger partial charge in [-0.25, -0.2) is 4.98 Å². The summed E-state index contributed by atoms with van der Waals surface area (Å²) in [5.74, 6) is 1.37. The molecule has 1 atom stereocenters. The molecular formula is C13H19Cl2N3O. The van der Waals surface area contributed by atoms with Gasteiger partial charge in [-0.1, -0.05) is 30.1 Å². The Morgan fingerprint density at radius 3 is 2.95 bits per heavy atom. The minimum Gasteiger partial charge on any atom is -0.394 e. The molecule has 0 radical (unpaired) electrons. The Bertz CT molecular complexity index is 442. The molecule has 19 heavy (non-hydrogen) atoms. The van der Waals surface area contributed by atoms with Crippen molar-refractivity contribution < 1.29 is 5.11 Å². The molecule has 1 unspecified atom stereocenters. The van der Waals surface area contributed by atoms with E-state index in [1.54, 1.807) is 6.07 Å². The number of halogens is 2. The highest BCUT2D eigenvalue weighted by molar-refractivity contribution is 6.37. The maximum absolute atomic E-state index is 9.40. The van der Waals surface area contributed by atoms with Crippen LogP contribution >= 0.6 is 23.2 Å². The van der Waals surface area contributed by atoms with Crippen molar-refractivity contribution in [3.05, 3.63) is 16.1 Å². The van der Waals surface area contributed by atoms with Gasteiger partial charge in [0, 0.05) is 13.1 Å². The second-order valence-corrected chi connectivity index (χ2v) is 5.54. The third-order valence-electron chi connectivity index (χ3n) is 3.31. The van der Waals surface area contributed by atoms with E-state index in [9.17, 15) is 5.11 Å². The maximum atomic E-state index is 9.40. The lowest BCUT2D eigenvalue weighted by atomic mass is 10.2. The first-order valence-electron chi connectivity index (χ1n) is 6.64. The number of hydrogen-bond acceptors (Lipinski definition) is 4. The van der Waals surface area contributed by atoms with Crippen LogP contribution in [0.4, 0.5) is 11.6 Å². The summed E-state index contributed by atoms with van der Waals surface area (Å²) < 4.78 is 0. The molecule has 0 bridgehead atoms. The van der Waals surface area contributed by atoms with Crippen molar-refractivity contribution in [1.82, 2.24) is 4.98 Å². The van der Waals surface area contributed by atoms with E-state index in [2.05, 4.69) is 22.1 Å². The highest BCUT2D eigenvalue weighted by Crippen LogP contribution is 2.34. The van der Waals surface area contributed by atoms with E-state index in [0.29, 0.717) is 21.7 Å². The van der Waals surface area contributed by atoms with Crippen LogP contribution < -0.4 is 10.2 Å². The number of anilines is 2. The average molecular weight is 304 g/mol. The van der Waals surface area contributed by atoms with E-state index < -0.39 is 0 Å². The molecule has 2 heterocycles. The number of nitrogens with one attached hydrogen (secondary N) is 1. The monoisotopic (exact) mass is 303 g/mol. The summed E-state index contributed by atoms with van der Waals surface area (Å²) in [6.45, 7) is 3.89. The van der Waals surface area contributed by atoms with Crippen molar-refractivity contribution in [2.75, 3.05) is 29.9 Å². The average Bonchev–Trinajstić information content (AvgIpc) is 2.86. The Morgan fingerprint density at radius 2 is 2.26 bits per heavy atom. The second kappa shape index (κ2) is 6.64. The van der Waals surface area contributed by atoms with E-state index in [0.717, 1.165) is 32.4 Å². The molecule has 2 N–H and O–H groups in total. The summed E-state index contributed by atoms with van der Waals surface area (Å²) in [6.07, 6.45) is 3.01. The molecule has 0 aliphatic carbocycles. The maximum Gasteiger partial charge on any atom is 0.150 e. The zero-order valence-electron chi connectivity index (χ0n) is 11.0. The smallest absolute Gasteiger partial charge is 0.150 e. The quantitative estimate of drug-likeness (QED) is 0.877. The lowest BCUT2D eigenvalue weighted by Gasteiger charge is -2.25. The first-order valence-corrected chi connectivity index (χ1v) is 7.40. The molecule has 0 amide bonds. The molecule has 1 aliphatic rings. The van der Waals surface area contributed by atoms with Crippen LogP contribution in [0, 0.1) is 0 Å². The van der Waals surface area contributed by atoms with Crippen molar-refractivity contribution >= 4 is 34.8 Å². The fourth-order valence-corrected chi connectivity index (χ4v) is 2.86. The molecule has 1 aromatic rings. The molecule has 4 nitrogen and oxygen atoms in total. The predicted molar refractivity (Wildman–Crippen MR) is 80.5 cm³/mol. The van der Waals surface area contributed by atoms with Crippen molar-refractivity contribution in [2.45, 2.75) is 32.2 Å². The van der Waals surface area contributed by atoms with Crippen LogP contribution in [0.15, 0.2) is 6.07 Å². The summed E-state index contributed by atoms with van der Waals surface area (Å²) >= 11 is 12.4. The van der Waals surface area contributed by atoms with Gasteiger partial charge >= 0.3 is 0 Å². The number of rotatable bonds is 5. The minimum atomic E-state index is 0.102. The minimum absolute atomic E-state index is 0.102. The number of hydrogen-bond donors (Lipinski definition) is 2. The Balaban J connectivity index is 2.28. The highest BCUT2D eigenvalue weighted by atomic mass is 35.5. The molecule has 1 fully saturated rings. The zero-order valence-corrected chi connectivity index (χ0v) is 12.5. The van der Waals surface area contributed by atoms with Crippen molar-refractivity contribution in [2.24, 2.45) is 0 Å². The molecule has 1 aliphatic heterocycles. The first-order chi connectivity index (χ1) is 9.17. The van der Waals surface area contributed by atoms with Crippen LogP contribution in [-0.4, -0.2) is 35.8 Å². The largest absolute Gasteiger partial charge is 0.394 e. The summed E-state index contributed by atoms with van der Waals surface area (Å²) in [7, 11) is 0. The number of nitrogens with zero attached hydrogens (tertiary/aromatic N) is 2. The van der Waals surface area contributed by atoms with E-state index in [1.807, 2.05) is 0 Å². The van der Waals surface area contributed by atoms with Crippen molar-refractivity contribution in [3.63, 3.8) is 0 Å². The van der Waals surface area contributed by atoms with Crippen LogP contribution in [0.5, 0.6) is 0 Å². The van der Waals surface area contributed by atoms with Gasteiger partial charge in [0.15, 0.2) is 0 Å². The molecule has 1 saturated heterocycles. The second-order valence-electron chi connectivity index (χ2n) is 4.72. The summed E-state index contributed by atoms with van der Waals surface area (Å²) in [5.41, 5.74) is 0. The van der Waals surface area contributed by atoms with Gasteiger partial charge in [0.25, 0.3) is 0 Å². The van der Waals surface area contributed by atoms with Crippen LogP contribution in [0.2, 0.25) is 10.0 Å². The standard InChI is InChI=1S/C13H19Cl2N3O/c1-2-5-16-12-10(14)7-11(15)13(17-12)18-6-3-4-9(18)8-19/h7,9,19H,2-6,8H2,1H3,(H,16,17). The van der Waals surface area contributed by atoms with Gasteiger partial charge in [-0.3, -0.25) is 0 Å². The number of aliphatic hydroxyl groups excluding tert-OH is 1. The third-order valence-corrected chi connectivity index (χ3v) is 3.88. The zero-order chi connectivity index (χ0) is 13.8. The number of aromatic nitrogens is 1. The van der Waals surface area contributed by atoms with Crippen LogP contribution in [0.25, 0.3) is 0 Å². The Labute approximate surface area is 123 Å². The van der Waals surface area contributed by atoms with E-state index in [-0.39, 0.29) is 12.6 Å². The van der Waals surface area contributed by atoms with Gasteiger partial charge in [-0.15, -0.1) is 0 Å². The predicted octanol–water partition coefficient (Wildman–Crippen LogP) is 3.17. The molecule has 6 heteroatoms. The first kappa shape index (κ1) is 14.7. The lowest BCUT2D eigenvalue weighted by Crippen LogP contribution is -2.33. The fourth-order valence-electron chi connectivity index (χ4n) is 2.33. The van der Waals surface area contributed by atoms with Gasteiger partial charge in [-0.05, 0) is 25.3 Å². The van der Waals surface area contributed by atoms with Crippen LogP contribution in [-0.2, 0) is 0 Å². The van der Waals surface area contributed by atoms with E-state index in [1.165, 1.54) is 0 Å². The molecule has 106 valence electrons. The molecule has 0 spiro atoms. The Kier molecular flexibility index (Phi) is 5.13. The summed E-state index contributed by atoms with van der Waals surface area (Å²) in [5, 5.41) is 13.7. The van der Waals surface area contributed by atoms with Crippen molar-refractivity contribution in [3.8, 4) is 0 Å². The molecule has 2 rings (SSSR count). The highest BCUT2D eigenvalue weighted by Gasteiger charge is 2.27. The van der Waals surface area contributed by atoms with Gasteiger partial charge < -0.3 is 15.3 Å². The molecule has 0 aromatic carbocycles. The Hall–Kier alpha value is -0.710. The van der Waals surface area contributed by atoms with Gasteiger partial charge in [0.2, 0.25) is 0 Å². The molecule has 1 aromatic heterocycles. The van der Waals surface area contributed by atoms with E-state index >= 15 is 0 Å². The molecular weight excluding hydrogens is 285 g/mol. The lowest BCUT2D eigenvalue weighted by molar-refractivity contribution is 0.266. The SMILES string of the molecule is CCCNc1nc(N2CCCC2CO)c(Cl)cc1Cl.